The molecule has 0 aliphatic carbocycles. The minimum absolute atomic E-state index is 0.0162. The van der Waals surface area contributed by atoms with Gasteiger partial charge in [-0.3, -0.25) is 20.2 Å². The average molecular weight is 637 g/mol. The Balaban J connectivity index is 1.06. The number of unbranched alkanes of at least 4 members (excludes halogenated alkanes) is 1. The van der Waals surface area contributed by atoms with E-state index in [2.05, 4.69) is 40.2 Å². The van der Waals surface area contributed by atoms with Crippen molar-refractivity contribution in [2.24, 2.45) is 10.9 Å². The first-order valence-electron chi connectivity index (χ1n) is 15.6. The van der Waals surface area contributed by atoms with Gasteiger partial charge in [-0.15, -0.1) is 0 Å². The number of thioether (sulfide) groups is 1. The van der Waals surface area contributed by atoms with E-state index in [1.54, 1.807) is 25.3 Å². The lowest BCUT2D eigenvalue weighted by Gasteiger charge is -2.36. The maximum absolute atomic E-state index is 12.2. The van der Waals surface area contributed by atoms with Crippen LogP contribution in [0.15, 0.2) is 29.4 Å². The van der Waals surface area contributed by atoms with Crippen molar-refractivity contribution < 1.29 is 28.5 Å². The molecule has 2 unspecified atom stereocenters. The third kappa shape index (κ3) is 11.3. The van der Waals surface area contributed by atoms with Crippen LogP contribution < -0.4 is 27.1 Å². The quantitative estimate of drug-likeness (QED) is 0.0552. The number of nitrogens with zero attached hydrogens (tertiary/aromatic N) is 1. The minimum Gasteiger partial charge on any atom is -0.379 e. The number of fused-ring (bicyclic) bond motifs is 1. The van der Waals surface area contributed by atoms with Gasteiger partial charge < -0.3 is 35.4 Å². The molecule has 0 saturated carbocycles. The molecule has 1 aromatic rings. The number of amides is 2. The summed E-state index contributed by atoms with van der Waals surface area (Å²) in [4.78, 5) is 24.4. The van der Waals surface area contributed by atoms with Crippen LogP contribution in [0.1, 0.15) is 68.3 Å². The Kier molecular flexibility index (Phi) is 15.9. The zero-order chi connectivity index (χ0) is 31.7. The van der Waals surface area contributed by atoms with Crippen LogP contribution >= 0.6 is 11.8 Å². The molecule has 44 heavy (non-hydrogen) atoms. The molecule has 1 aromatic carbocycles. The second-order valence-electron chi connectivity index (χ2n) is 11.5. The first kappa shape index (κ1) is 36.2. The largest absolute Gasteiger partial charge is 0.379 e. The van der Waals surface area contributed by atoms with E-state index in [-0.39, 0.29) is 29.2 Å². The Hall–Kier alpha value is -2.26. The van der Waals surface area contributed by atoms with Gasteiger partial charge in [0.15, 0.2) is 6.35 Å². The fraction of sp³-hybridized carbons (Fsp3) is 0.710. The minimum atomic E-state index is -0.143. The van der Waals surface area contributed by atoms with Crippen LogP contribution in [-0.2, 0) is 23.7 Å². The van der Waals surface area contributed by atoms with E-state index in [1.165, 1.54) is 6.21 Å². The van der Waals surface area contributed by atoms with Gasteiger partial charge in [0.1, 0.15) is 0 Å². The molecule has 2 fully saturated rings. The summed E-state index contributed by atoms with van der Waals surface area (Å²) in [5.41, 5.74) is 1.34. The number of hydrazone groups is 1. The van der Waals surface area contributed by atoms with E-state index in [1.807, 2.05) is 17.8 Å². The second kappa shape index (κ2) is 19.3. The monoisotopic (exact) mass is 636 g/mol. The first-order valence-corrected chi connectivity index (χ1v) is 16.7. The number of benzene rings is 1. The number of nitrogens with one attached hydrogen (secondary N) is 4. The van der Waals surface area contributed by atoms with E-state index in [9.17, 15) is 9.59 Å². The fourth-order valence-corrected chi connectivity index (χ4v) is 7.36. The number of carbonyl (C=O) groups is 2. The van der Waals surface area contributed by atoms with Gasteiger partial charge in [0.25, 0.3) is 5.91 Å². The molecule has 0 aromatic heterocycles. The van der Waals surface area contributed by atoms with Crippen LogP contribution in [0.3, 0.4) is 0 Å². The topological polar surface area (TPSA) is 158 Å². The average Bonchev–Trinajstić information content (AvgIpc) is 3.42. The molecule has 6 N–H and O–H groups in total. The van der Waals surface area contributed by atoms with Gasteiger partial charge in [-0.2, -0.15) is 16.9 Å². The smallest absolute Gasteiger partial charge is 0.251 e. The Bertz CT molecular complexity index is 1050. The molecule has 248 valence electrons. The summed E-state index contributed by atoms with van der Waals surface area (Å²) < 4.78 is 22.1. The van der Waals surface area contributed by atoms with Crippen LogP contribution in [0.25, 0.3) is 0 Å². The van der Waals surface area contributed by atoms with Crippen molar-refractivity contribution in [3.8, 4) is 0 Å². The molecule has 12 nitrogen and oxygen atoms in total. The lowest BCUT2D eigenvalue weighted by molar-refractivity contribution is -0.121. The van der Waals surface area contributed by atoms with Gasteiger partial charge in [0.05, 0.1) is 32.6 Å². The van der Waals surface area contributed by atoms with Crippen LogP contribution in [0.2, 0.25) is 0 Å². The van der Waals surface area contributed by atoms with E-state index in [0.717, 1.165) is 37.0 Å². The molecule has 2 aliphatic heterocycles. The van der Waals surface area contributed by atoms with Crippen molar-refractivity contribution in [3.63, 3.8) is 0 Å². The van der Waals surface area contributed by atoms with E-state index < -0.39 is 0 Å². The fourth-order valence-electron chi connectivity index (χ4n) is 5.44. The molecule has 4 atom stereocenters. The molecule has 0 spiro atoms. The van der Waals surface area contributed by atoms with Gasteiger partial charge in [-0.05, 0) is 57.2 Å². The molecule has 2 saturated heterocycles. The zero-order valence-corrected chi connectivity index (χ0v) is 27.3. The third-order valence-corrected chi connectivity index (χ3v) is 10.1. The van der Waals surface area contributed by atoms with Crippen LogP contribution in [-0.4, -0.2) is 106 Å². The summed E-state index contributed by atoms with van der Waals surface area (Å²) in [6.45, 7) is 8.79. The number of hydrogen-bond donors (Lipinski definition) is 5. The molecular formula is C31H52N6O6S. The number of methoxy groups -OCH3 is 1. The van der Waals surface area contributed by atoms with Crippen molar-refractivity contribution in [2.45, 2.75) is 75.1 Å². The molecule has 13 heteroatoms. The molecule has 3 rings (SSSR count). The summed E-state index contributed by atoms with van der Waals surface area (Å²) in [7, 11) is 1.72. The molecule has 0 radical (unpaired) electrons. The first-order chi connectivity index (χ1) is 21.3. The molecule has 2 heterocycles. The van der Waals surface area contributed by atoms with Crippen molar-refractivity contribution in [2.75, 3.05) is 65.6 Å². The Morgan fingerprint density at radius 1 is 1.00 bits per heavy atom. The summed E-state index contributed by atoms with van der Waals surface area (Å²) in [5, 5.41) is 17.0. The number of nitrogens with two attached hydrogens (primary N) is 1. The number of rotatable bonds is 22. The number of carbonyl (C=O) groups excluding carboxylic acids is 2. The highest BCUT2D eigenvalue weighted by Crippen LogP contribution is 2.48. The molecule has 0 bridgehead atoms. The highest BCUT2D eigenvalue weighted by molar-refractivity contribution is 8.00. The SMILES string of the molecule is COC1N[C@@]2(C)CSC(CCCCC(=O)NCCCOCCOCCOCCCNC(=O)c3cccc(/C=N/N)c3)[C@@]2(C)N1. The van der Waals surface area contributed by atoms with E-state index in [0.29, 0.717) is 76.4 Å². The van der Waals surface area contributed by atoms with Crippen LogP contribution in [0.4, 0.5) is 0 Å². The summed E-state index contributed by atoms with van der Waals surface area (Å²) in [6, 6.07) is 7.10. The predicted molar refractivity (Wildman–Crippen MR) is 174 cm³/mol. The summed E-state index contributed by atoms with van der Waals surface area (Å²) >= 11 is 2.01. The Morgan fingerprint density at radius 2 is 1.68 bits per heavy atom. The summed E-state index contributed by atoms with van der Waals surface area (Å²) in [5.74, 6) is 6.17. The third-order valence-electron chi connectivity index (χ3n) is 8.25. The maximum Gasteiger partial charge on any atom is 0.251 e. The number of hydrogen-bond acceptors (Lipinski definition) is 11. The van der Waals surface area contributed by atoms with Gasteiger partial charge in [0.2, 0.25) is 5.91 Å². The van der Waals surface area contributed by atoms with Crippen molar-refractivity contribution in [1.29, 1.82) is 0 Å². The van der Waals surface area contributed by atoms with Crippen molar-refractivity contribution in [1.82, 2.24) is 21.3 Å². The lowest BCUT2D eigenvalue weighted by Crippen LogP contribution is -2.58. The molecular weight excluding hydrogens is 584 g/mol. The predicted octanol–water partition coefficient (Wildman–Crippen LogP) is 1.97. The molecule has 2 amide bonds. The van der Waals surface area contributed by atoms with E-state index in [4.69, 9.17) is 24.8 Å². The van der Waals surface area contributed by atoms with Gasteiger partial charge in [0, 0.05) is 67.5 Å². The highest BCUT2D eigenvalue weighted by atomic mass is 32.2. The Labute approximate surface area is 266 Å². The van der Waals surface area contributed by atoms with Crippen LogP contribution in [0, 0.1) is 0 Å². The van der Waals surface area contributed by atoms with Gasteiger partial charge in [-0.1, -0.05) is 18.6 Å². The second-order valence-corrected chi connectivity index (χ2v) is 12.7. The van der Waals surface area contributed by atoms with E-state index >= 15 is 0 Å². The normalized spacial score (nSPS) is 24.5. The summed E-state index contributed by atoms with van der Waals surface area (Å²) in [6.07, 6.45) is 6.45. The maximum atomic E-state index is 12.2. The standard InChI is InChI=1S/C31H52N6O6S/c1-30-23-44-26(31(30,2)37-29(36-30)40-3)11-4-5-12-27(38)33-13-7-15-41-17-19-43-20-18-42-16-8-14-34-28(39)25-10-6-9-24(21-25)22-35-32/h6,9-10,21-22,26,29,36-37H,4-5,7-8,11-20,23,32H2,1-3H3,(H,33,38)(H,34,39)/b35-22+/t26?,29?,30-,31+/m0/s1. The molecule has 2 aliphatic rings. The highest BCUT2D eigenvalue weighted by Gasteiger charge is 2.60. The van der Waals surface area contributed by atoms with Gasteiger partial charge in [-0.25, -0.2) is 0 Å². The van der Waals surface area contributed by atoms with Crippen molar-refractivity contribution >= 4 is 29.8 Å². The number of ether oxygens (including phenoxy) is 4. The van der Waals surface area contributed by atoms with Crippen molar-refractivity contribution in [3.05, 3.63) is 35.4 Å². The lowest BCUT2D eigenvalue weighted by atomic mass is 9.79. The Morgan fingerprint density at radius 3 is 2.36 bits per heavy atom. The van der Waals surface area contributed by atoms with Gasteiger partial charge >= 0.3 is 0 Å². The van der Waals surface area contributed by atoms with Crippen LogP contribution in [0.5, 0.6) is 0 Å². The zero-order valence-electron chi connectivity index (χ0n) is 26.5.